The van der Waals surface area contributed by atoms with E-state index in [9.17, 15) is 14.9 Å². The van der Waals surface area contributed by atoms with E-state index in [1.807, 2.05) is 49.4 Å². The van der Waals surface area contributed by atoms with Crippen LogP contribution in [0.5, 0.6) is 5.75 Å². The van der Waals surface area contributed by atoms with Crippen molar-refractivity contribution in [3.8, 4) is 17.0 Å². The van der Waals surface area contributed by atoms with Gasteiger partial charge in [-0.3, -0.25) is 19.9 Å². The smallest absolute Gasteiger partial charge is 0.295 e. The Hall–Kier alpha value is -4.73. The molecule has 0 aliphatic heterocycles. The van der Waals surface area contributed by atoms with Crippen LogP contribution in [0.4, 0.5) is 11.7 Å². The lowest BCUT2D eigenvalue weighted by molar-refractivity contribution is -0.384. The Labute approximate surface area is 244 Å². The molecule has 0 spiro atoms. The number of carbonyl (C=O) groups is 1. The number of anilines is 1. The van der Waals surface area contributed by atoms with Crippen LogP contribution < -0.4 is 15.4 Å². The van der Waals surface area contributed by atoms with Crippen molar-refractivity contribution >= 4 is 17.6 Å². The fraction of sp³-hybridized carbons (Fsp3) is 0.344. The highest BCUT2D eigenvalue weighted by molar-refractivity contribution is 5.89. The number of hydrogen-bond acceptors (Lipinski definition) is 8. The van der Waals surface area contributed by atoms with Gasteiger partial charge in [-0.05, 0) is 55.5 Å². The van der Waals surface area contributed by atoms with Gasteiger partial charge in [0.25, 0.3) is 11.7 Å². The van der Waals surface area contributed by atoms with Crippen molar-refractivity contribution in [1.29, 1.82) is 0 Å². The lowest BCUT2D eigenvalue weighted by Crippen LogP contribution is -2.53. The average molecular weight is 570 g/mol. The third-order valence-electron chi connectivity index (χ3n) is 7.88. The standard InChI is InChI=1S/C32H35N5O5/c1-32(19-22-9-5-3-6-10-22,36-31-34-28(21-42-31)23-13-15-25(16-14-23)37(39)40)30(38)35-29(24-11-7-4-8-12-24)27-18-17-26(41-2)20-33-27/h3,5-6,9-10,13-18,20-21,24,29H,4,7-8,11-12,19H2,1-2H3,(H,34,36)(H,35,38)/t29?,32-/m0/s1. The summed E-state index contributed by atoms with van der Waals surface area (Å²) >= 11 is 0. The van der Waals surface area contributed by atoms with E-state index in [-0.39, 0.29) is 29.6 Å². The van der Waals surface area contributed by atoms with Gasteiger partial charge in [-0.25, -0.2) is 0 Å². The Morgan fingerprint density at radius 2 is 1.83 bits per heavy atom. The fourth-order valence-electron chi connectivity index (χ4n) is 5.54. The van der Waals surface area contributed by atoms with Crippen molar-refractivity contribution in [2.45, 2.75) is 57.0 Å². The van der Waals surface area contributed by atoms with Gasteiger partial charge >= 0.3 is 0 Å². The Kier molecular flexibility index (Phi) is 8.80. The largest absolute Gasteiger partial charge is 0.495 e. The molecule has 218 valence electrons. The van der Waals surface area contributed by atoms with Crippen molar-refractivity contribution in [2.24, 2.45) is 5.92 Å². The molecule has 42 heavy (non-hydrogen) atoms. The first-order valence-corrected chi connectivity index (χ1v) is 14.2. The molecule has 2 atom stereocenters. The van der Waals surface area contributed by atoms with E-state index in [0.29, 0.717) is 23.4 Å². The number of aromatic nitrogens is 2. The molecule has 5 rings (SSSR count). The third kappa shape index (κ3) is 6.76. The van der Waals surface area contributed by atoms with Crippen molar-refractivity contribution in [2.75, 3.05) is 12.4 Å². The molecule has 10 nitrogen and oxygen atoms in total. The number of methoxy groups -OCH3 is 1. The number of nitrogens with one attached hydrogen (secondary N) is 2. The maximum Gasteiger partial charge on any atom is 0.295 e. The summed E-state index contributed by atoms with van der Waals surface area (Å²) in [7, 11) is 1.60. The second kappa shape index (κ2) is 12.8. The van der Waals surface area contributed by atoms with Crippen LogP contribution in [0.3, 0.4) is 0 Å². The van der Waals surface area contributed by atoms with Crippen LogP contribution in [0.1, 0.15) is 56.3 Å². The highest BCUT2D eigenvalue weighted by atomic mass is 16.6. The molecule has 2 heterocycles. The Balaban J connectivity index is 1.42. The lowest BCUT2D eigenvalue weighted by Gasteiger charge is -2.35. The summed E-state index contributed by atoms with van der Waals surface area (Å²) in [5, 5.41) is 17.6. The molecule has 2 aromatic heterocycles. The van der Waals surface area contributed by atoms with Crippen LogP contribution in [-0.2, 0) is 11.2 Å². The fourth-order valence-corrected chi connectivity index (χ4v) is 5.54. The number of benzene rings is 2. The van der Waals surface area contributed by atoms with Crippen molar-refractivity contribution in [3.63, 3.8) is 0 Å². The first-order valence-electron chi connectivity index (χ1n) is 14.2. The van der Waals surface area contributed by atoms with Gasteiger partial charge in [0.05, 0.1) is 30.0 Å². The molecule has 1 saturated carbocycles. The molecule has 0 saturated heterocycles. The van der Waals surface area contributed by atoms with Gasteiger partial charge in [0.15, 0.2) is 0 Å². The molecule has 0 radical (unpaired) electrons. The summed E-state index contributed by atoms with van der Waals surface area (Å²) in [6.07, 6.45) is 8.99. The number of oxazole rings is 1. The third-order valence-corrected chi connectivity index (χ3v) is 7.88. The predicted molar refractivity (Wildman–Crippen MR) is 159 cm³/mol. The molecule has 1 unspecified atom stereocenters. The predicted octanol–water partition coefficient (Wildman–Crippen LogP) is 6.50. The van der Waals surface area contributed by atoms with Crippen LogP contribution >= 0.6 is 0 Å². The molecule has 1 aliphatic carbocycles. The number of nitro groups is 1. The summed E-state index contributed by atoms with van der Waals surface area (Å²) in [4.78, 5) is 34.0. The number of hydrogen-bond donors (Lipinski definition) is 2. The number of rotatable bonds is 11. The van der Waals surface area contributed by atoms with Gasteiger partial charge in [0.1, 0.15) is 23.2 Å². The van der Waals surface area contributed by atoms with E-state index in [1.54, 1.807) is 25.4 Å². The molecule has 10 heteroatoms. The summed E-state index contributed by atoms with van der Waals surface area (Å²) in [5.74, 6) is 0.727. The number of amides is 1. The summed E-state index contributed by atoms with van der Waals surface area (Å²) in [6, 6.07) is 19.6. The molecular weight excluding hydrogens is 534 g/mol. The molecule has 2 aromatic carbocycles. The Bertz CT molecular complexity index is 1480. The van der Waals surface area contributed by atoms with E-state index in [0.717, 1.165) is 36.9 Å². The highest BCUT2D eigenvalue weighted by Crippen LogP contribution is 2.35. The van der Waals surface area contributed by atoms with Crippen molar-refractivity contribution < 1.29 is 18.9 Å². The quantitative estimate of drug-likeness (QED) is 0.154. The van der Waals surface area contributed by atoms with Crippen LogP contribution in [-0.4, -0.2) is 33.4 Å². The number of nitrogens with zero attached hydrogens (tertiary/aromatic N) is 3. The van der Waals surface area contributed by atoms with Gasteiger partial charge in [0, 0.05) is 24.1 Å². The van der Waals surface area contributed by atoms with Crippen molar-refractivity contribution in [3.05, 3.63) is 101 Å². The van der Waals surface area contributed by atoms with E-state index < -0.39 is 10.5 Å². The molecule has 1 fully saturated rings. The minimum atomic E-state index is -1.13. The molecule has 4 aromatic rings. The van der Waals surface area contributed by atoms with Crippen LogP contribution in [0.15, 0.2) is 83.6 Å². The molecule has 1 aliphatic rings. The summed E-state index contributed by atoms with van der Waals surface area (Å²) in [5.41, 5.74) is 1.80. The summed E-state index contributed by atoms with van der Waals surface area (Å²) < 4.78 is 11.1. The number of nitro benzene ring substituents is 1. The average Bonchev–Trinajstić information content (AvgIpc) is 3.48. The molecular formula is C32H35N5O5. The monoisotopic (exact) mass is 569 g/mol. The topological polar surface area (TPSA) is 132 Å². The minimum Gasteiger partial charge on any atom is -0.495 e. The first kappa shape index (κ1) is 28.8. The second-order valence-corrected chi connectivity index (χ2v) is 10.9. The zero-order valence-corrected chi connectivity index (χ0v) is 23.8. The van der Waals surface area contributed by atoms with Crippen molar-refractivity contribution in [1.82, 2.24) is 15.3 Å². The first-order chi connectivity index (χ1) is 20.3. The van der Waals surface area contributed by atoms with E-state index in [2.05, 4.69) is 20.6 Å². The van der Waals surface area contributed by atoms with E-state index >= 15 is 0 Å². The van der Waals surface area contributed by atoms with Gasteiger partial charge < -0.3 is 19.8 Å². The van der Waals surface area contributed by atoms with Gasteiger partial charge in [0.2, 0.25) is 5.91 Å². The van der Waals surface area contributed by atoms with Gasteiger partial charge in [-0.2, -0.15) is 4.98 Å². The Morgan fingerprint density at radius 1 is 1.10 bits per heavy atom. The minimum absolute atomic E-state index is 0.00781. The Morgan fingerprint density at radius 3 is 2.48 bits per heavy atom. The SMILES string of the molecule is COc1ccc(C(NC(=O)[C@](C)(Cc2ccccc2)Nc2nc(-c3ccc([N+](=O)[O-])cc3)co2)C2CCCCC2)nc1. The maximum absolute atomic E-state index is 14.2. The van der Waals surface area contributed by atoms with Crippen LogP contribution in [0, 0.1) is 16.0 Å². The lowest BCUT2D eigenvalue weighted by atomic mass is 9.81. The maximum atomic E-state index is 14.2. The highest BCUT2D eigenvalue weighted by Gasteiger charge is 2.38. The second-order valence-electron chi connectivity index (χ2n) is 10.9. The molecule has 1 amide bonds. The number of non-ortho nitro benzene ring substituents is 1. The van der Waals surface area contributed by atoms with Crippen LogP contribution in [0.25, 0.3) is 11.3 Å². The van der Waals surface area contributed by atoms with Gasteiger partial charge in [-0.15, -0.1) is 0 Å². The zero-order valence-electron chi connectivity index (χ0n) is 23.8. The molecule has 0 bridgehead atoms. The summed E-state index contributed by atoms with van der Waals surface area (Å²) in [6.45, 7) is 1.84. The van der Waals surface area contributed by atoms with E-state index in [1.165, 1.54) is 24.8 Å². The molecule has 2 N–H and O–H groups in total. The van der Waals surface area contributed by atoms with E-state index in [4.69, 9.17) is 9.15 Å². The number of carbonyl (C=O) groups excluding carboxylic acids is 1. The van der Waals surface area contributed by atoms with Gasteiger partial charge in [-0.1, -0.05) is 49.6 Å². The zero-order chi connectivity index (χ0) is 29.5. The van der Waals surface area contributed by atoms with Crippen LogP contribution in [0.2, 0.25) is 0 Å². The normalized spacial score (nSPS) is 15.8. The number of ether oxygens (including phenoxy) is 1. The number of pyridine rings is 1.